The summed E-state index contributed by atoms with van der Waals surface area (Å²) in [5, 5.41) is 5.41. The van der Waals surface area contributed by atoms with Gasteiger partial charge in [0.05, 0.1) is 14.1 Å². The molecule has 0 saturated heterocycles. The van der Waals surface area contributed by atoms with E-state index in [0.717, 1.165) is 0 Å². The second-order valence-electron chi connectivity index (χ2n) is 7.66. The molecule has 1 N–H and O–H groups in total. The molecule has 0 fully saturated rings. The van der Waals surface area contributed by atoms with E-state index in [9.17, 15) is 0 Å². The van der Waals surface area contributed by atoms with Crippen molar-refractivity contribution in [1.82, 2.24) is 5.32 Å². The van der Waals surface area contributed by atoms with Gasteiger partial charge in [-0.15, -0.1) is 0 Å². The normalized spacial score (nSPS) is 20.5. The lowest BCUT2D eigenvalue weighted by Crippen LogP contribution is -2.36. The number of allylic oxidation sites excluding steroid dienone is 3. The van der Waals surface area contributed by atoms with Crippen molar-refractivity contribution in [2.24, 2.45) is 5.92 Å². The fourth-order valence-corrected chi connectivity index (χ4v) is 5.95. The molecular formula is C20H31NSi. The van der Waals surface area contributed by atoms with Crippen LogP contribution in [0.3, 0.4) is 0 Å². The highest BCUT2D eigenvalue weighted by molar-refractivity contribution is 6.84. The van der Waals surface area contributed by atoms with E-state index < -0.39 is 8.07 Å². The Bertz CT molecular complexity index is 604. The lowest BCUT2D eigenvalue weighted by molar-refractivity contribution is 0.618. The summed E-state index contributed by atoms with van der Waals surface area (Å²) in [4.78, 5) is 0. The van der Waals surface area contributed by atoms with Gasteiger partial charge in [-0.25, -0.2) is 0 Å². The van der Waals surface area contributed by atoms with Gasteiger partial charge in [-0.05, 0) is 48.1 Å². The zero-order chi connectivity index (χ0) is 16.5. The Labute approximate surface area is 137 Å². The number of hydrogen-bond acceptors (Lipinski definition) is 1. The van der Waals surface area contributed by atoms with Crippen LogP contribution in [0, 0.1) is 12.8 Å². The molecule has 22 heavy (non-hydrogen) atoms. The molecule has 1 aliphatic rings. The number of hydrogen-bond donors (Lipinski definition) is 1. The summed E-state index contributed by atoms with van der Waals surface area (Å²) in [6.07, 6.45) is 3.70. The first kappa shape index (κ1) is 17.1. The number of nitrogens with one attached hydrogen (secondary N) is 1. The number of rotatable bonds is 4. The van der Waals surface area contributed by atoms with Crippen LogP contribution >= 0.6 is 0 Å². The molecule has 1 heterocycles. The van der Waals surface area contributed by atoms with Gasteiger partial charge in [0.25, 0.3) is 0 Å². The Balaban J connectivity index is 2.51. The zero-order valence-corrected chi connectivity index (χ0v) is 16.2. The maximum absolute atomic E-state index is 3.78. The third kappa shape index (κ3) is 3.38. The van der Waals surface area contributed by atoms with E-state index >= 15 is 0 Å². The minimum Gasteiger partial charge on any atom is -0.378 e. The largest absolute Gasteiger partial charge is 0.378 e. The topological polar surface area (TPSA) is 12.0 Å². The highest BCUT2D eigenvalue weighted by atomic mass is 28.3. The first-order valence-electron chi connectivity index (χ1n) is 8.51. The van der Waals surface area contributed by atoms with Gasteiger partial charge >= 0.3 is 0 Å². The van der Waals surface area contributed by atoms with E-state index in [1.165, 1.54) is 23.2 Å². The minimum absolute atomic E-state index is 0.310. The molecular weight excluding hydrogens is 282 g/mol. The molecule has 2 unspecified atom stereocenters. The molecule has 0 aromatic heterocycles. The van der Waals surface area contributed by atoms with Crippen LogP contribution in [0.2, 0.25) is 19.6 Å². The van der Waals surface area contributed by atoms with Crippen molar-refractivity contribution >= 4 is 8.07 Å². The molecule has 1 aliphatic heterocycles. The van der Waals surface area contributed by atoms with E-state index in [-0.39, 0.29) is 0 Å². The van der Waals surface area contributed by atoms with Gasteiger partial charge in [0.1, 0.15) is 0 Å². The molecule has 0 amide bonds. The van der Waals surface area contributed by atoms with Crippen molar-refractivity contribution in [3.63, 3.8) is 0 Å². The molecule has 0 spiro atoms. The van der Waals surface area contributed by atoms with Crippen LogP contribution in [-0.2, 0) is 0 Å². The van der Waals surface area contributed by atoms with Gasteiger partial charge < -0.3 is 5.32 Å². The second kappa shape index (κ2) is 6.45. The van der Waals surface area contributed by atoms with Gasteiger partial charge in [-0.1, -0.05) is 63.8 Å². The van der Waals surface area contributed by atoms with E-state index in [2.05, 4.69) is 83.0 Å². The summed E-state index contributed by atoms with van der Waals surface area (Å²) in [5.41, 5.74) is 5.75. The van der Waals surface area contributed by atoms with Gasteiger partial charge in [-0.2, -0.15) is 0 Å². The predicted octanol–water partition coefficient (Wildman–Crippen LogP) is 5.76. The fraction of sp³-hybridized carbons (Fsp3) is 0.500. The minimum atomic E-state index is -1.36. The predicted molar refractivity (Wildman–Crippen MR) is 101 cm³/mol. The molecule has 2 rings (SSSR count). The summed E-state index contributed by atoms with van der Waals surface area (Å²) >= 11 is 0. The summed E-state index contributed by atoms with van der Waals surface area (Å²) in [6.45, 7) is 16.5. The van der Waals surface area contributed by atoms with Crippen molar-refractivity contribution in [3.8, 4) is 0 Å². The lowest BCUT2D eigenvalue weighted by Gasteiger charge is -2.36. The SMILES string of the molecule is CCC(C)C1=CC(c2ccccc2C)NC(C)=C1[Si](C)(C)C. The van der Waals surface area contributed by atoms with Gasteiger partial charge in [0.2, 0.25) is 0 Å². The van der Waals surface area contributed by atoms with Crippen LogP contribution in [-0.4, -0.2) is 8.07 Å². The first-order chi connectivity index (χ1) is 10.3. The third-order valence-corrected chi connectivity index (χ3v) is 6.96. The molecule has 2 atom stereocenters. The molecule has 1 nitrogen and oxygen atoms in total. The highest BCUT2D eigenvalue weighted by Crippen LogP contribution is 2.38. The number of aryl methyl sites for hydroxylation is 1. The molecule has 120 valence electrons. The smallest absolute Gasteiger partial charge is 0.0802 e. The Hall–Kier alpha value is -1.28. The van der Waals surface area contributed by atoms with Crippen molar-refractivity contribution < 1.29 is 0 Å². The van der Waals surface area contributed by atoms with Crippen LogP contribution in [0.15, 0.2) is 46.8 Å². The van der Waals surface area contributed by atoms with Gasteiger partial charge in [-0.3, -0.25) is 0 Å². The van der Waals surface area contributed by atoms with E-state index in [0.29, 0.717) is 12.0 Å². The average Bonchev–Trinajstić information content (AvgIpc) is 2.44. The van der Waals surface area contributed by atoms with Crippen LogP contribution in [0.25, 0.3) is 0 Å². The quantitative estimate of drug-likeness (QED) is 0.696. The van der Waals surface area contributed by atoms with Crippen LogP contribution < -0.4 is 5.32 Å². The maximum atomic E-state index is 3.78. The molecule has 1 aromatic carbocycles. The average molecular weight is 314 g/mol. The Morgan fingerprint density at radius 1 is 1.14 bits per heavy atom. The molecule has 0 radical (unpaired) electrons. The van der Waals surface area contributed by atoms with E-state index in [1.54, 1.807) is 10.8 Å². The maximum Gasteiger partial charge on any atom is 0.0802 e. The summed E-state index contributed by atoms with van der Waals surface area (Å²) in [5.74, 6) is 0.630. The molecule has 0 aliphatic carbocycles. The standard InChI is InChI=1S/C20H31NSi/c1-8-14(2)18-13-19(17-12-10-9-11-15(17)3)21-16(4)20(18)22(5,6)7/h9-14,19,21H,8H2,1-7H3. The summed E-state index contributed by atoms with van der Waals surface area (Å²) < 4.78 is 0. The number of benzene rings is 1. The third-order valence-electron chi connectivity index (χ3n) is 4.80. The van der Waals surface area contributed by atoms with Crippen LogP contribution in [0.1, 0.15) is 44.4 Å². The highest BCUT2D eigenvalue weighted by Gasteiger charge is 2.31. The summed E-state index contributed by atoms with van der Waals surface area (Å²) in [7, 11) is -1.36. The van der Waals surface area contributed by atoms with Gasteiger partial charge in [0.15, 0.2) is 0 Å². The first-order valence-corrected chi connectivity index (χ1v) is 12.0. The van der Waals surface area contributed by atoms with Crippen LogP contribution in [0.5, 0.6) is 0 Å². The zero-order valence-electron chi connectivity index (χ0n) is 15.2. The van der Waals surface area contributed by atoms with E-state index in [4.69, 9.17) is 0 Å². The number of dihydropyridines is 1. The molecule has 0 bridgehead atoms. The molecule has 0 saturated carbocycles. The van der Waals surface area contributed by atoms with Gasteiger partial charge in [0, 0.05) is 5.70 Å². The van der Waals surface area contributed by atoms with Crippen molar-refractivity contribution in [1.29, 1.82) is 0 Å². The monoisotopic (exact) mass is 313 g/mol. The van der Waals surface area contributed by atoms with Crippen molar-refractivity contribution in [2.75, 3.05) is 0 Å². The van der Waals surface area contributed by atoms with Crippen LogP contribution in [0.4, 0.5) is 0 Å². The summed E-state index contributed by atoms with van der Waals surface area (Å²) in [6, 6.07) is 9.04. The molecule has 2 heteroatoms. The second-order valence-corrected chi connectivity index (χ2v) is 12.7. The Morgan fingerprint density at radius 2 is 1.77 bits per heavy atom. The van der Waals surface area contributed by atoms with Crippen molar-refractivity contribution in [3.05, 3.63) is 57.9 Å². The Morgan fingerprint density at radius 3 is 2.32 bits per heavy atom. The van der Waals surface area contributed by atoms with Crippen molar-refractivity contribution in [2.45, 2.75) is 59.8 Å². The van der Waals surface area contributed by atoms with E-state index in [1.807, 2.05) is 0 Å². The Kier molecular flexibility index (Phi) is 5.01. The lowest BCUT2D eigenvalue weighted by atomic mass is 9.89. The fourth-order valence-electron chi connectivity index (χ4n) is 3.56. The molecule has 1 aromatic rings.